The maximum absolute atomic E-state index is 12.4. The third-order valence-corrected chi connectivity index (χ3v) is 5.09. The van der Waals surface area contributed by atoms with Crippen LogP contribution in [0.3, 0.4) is 0 Å². The molecule has 1 aliphatic rings. The number of piperidine rings is 1. The average molecular weight is 572 g/mol. The molecule has 1 unspecified atom stereocenters. The SMILES string of the molecule is C=C(C)CN1CCC(NC(=NCC(NC(=O)OC(C)(C)C)c2ccccc2)NCC)CC1.I. The Kier molecular flexibility index (Phi) is 12.8. The lowest BCUT2D eigenvalue weighted by Gasteiger charge is -2.33. The Morgan fingerprint density at radius 1 is 1.24 bits per heavy atom. The Morgan fingerprint density at radius 2 is 1.88 bits per heavy atom. The molecule has 1 fully saturated rings. The summed E-state index contributed by atoms with van der Waals surface area (Å²) in [5, 5.41) is 9.89. The van der Waals surface area contributed by atoms with Crippen LogP contribution < -0.4 is 16.0 Å². The Labute approximate surface area is 216 Å². The minimum absolute atomic E-state index is 0. The molecule has 0 radical (unpaired) electrons. The highest BCUT2D eigenvalue weighted by atomic mass is 127. The monoisotopic (exact) mass is 571 g/mol. The molecule has 33 heavy (non-hydrogen) atoms. The molecule has 186 valence electrons. The molecule has 7 nitrogen and oxygen atoms in total. The van der Waals surface area contributed by atoms with Crippen LogP contribution in [0, 0.1) is 0 Å². The first-order chi connectivity index (χ1) is 15.2. The Bertz CT molecular complexity index is 756. The molecule has 1 saturated heterocycles. The smallest absolute Gasteiger partial charge is 0.408 e. The fourth-order valence-electron chi connectivity index (χ4n) is 3.68. The van der Waals surface area contributed by atoms with Crippen LogP contribution in [0.25, 0.3) is 0 Å². The Morgan fingerprint density at radius 3 is 2.42 bits per heavy atom. The minimum Gasteiger partial charge on any atom is -0.444 e. The van der Waals surface area contributed by atoms with Crippen LogP contribution in [-0.2, 0) is 4.74 Å². The number of nitrogens with one attached hydrogen (secondary N) is 3. The number of carbonyl (C=O) groups excluding carboxylic acids is 1. The van der Waals surface area contributed by atoms with Gasteiger partial charge in [-0.15, -0.1) is 24.0 Å². The molecule has 0 bridgehead atoms. The van der Waals surface area contributed by atoms with Crippen molar-refractivity contribution >= 4 is 36.0 Å². The molecule has 2 rings (SSSR count). The zero-order valence-electron chi connectivity index (χ0n) is 20.8. The van der Waals surface area contributed by atoms with Crippen LogP contribution in [-0.4, -0.2) is 61.3 Å². The highest BCUT2D eigenvalue weighted by Crippen LogP contribution is 2.16. The van der Waals surface area contributed by atoms with Crippen molar-refractivity contribution in [1.29, 1.82) is 0 Å². The minimum atomic E-state index is -0.552. The van der Waals surface area contributed by atoms with Crippen LogP contribution in [0.2, 0.25) is 0 Å². The summed E-state index contributed by atoms with van der Waals surface area (Å²) >= 11 is 0. The number of guanidine groups is 1. The second kappa shape index (κ2) is 14.5. The van der Waals surface area contributed by atoms with Crippen molar-refractivity contribution < 1.29 is 9.53 Å². The molecule has 1 aromatic rings. The normalized spacial score (nSPS) is 16.3. The van der Waals surface area contributed by atoms with Crippen molar-refractivity contribution in [1.82, 2.24) is 20.9 Å². The van der Waals surface area contributed by atoms with E-state index in [4.69, 9.17) is 9.73 Å². The van der Waals surface area contributed by atoms with Gasteiger partial charge < -0.3 is 20.7 Å². The second-order valence-corrected chi connectivity index (χ2v) is 9.48. The molecule has 1 heterocycles. The van der Waals surface area contributed by atoms with Gasteiger partial charge in [-0.2, -0.15) is 0 Å². The van der Waals surface area contributed by atoms with Crippen LogP contribution in [0.5, 0.6) is 0 Å². The van der Waals surface area contributed by atoms with E-state index < -0.39 is 11.7 Å². The number of hydrogen-bond acceptors (Lipinski definition) is 4. The number of alkyl carbamates (subject to hydrolysis) is 1. The lowest BCUT2D eigenvalue weighted by atomic mass is 10.0. The number of amides is 1. The summed E-state index contributed by atoms with van der Waals surface area (Å²) in [7, 11) is 0. The van der Waals surface area contributed by atoms with Crippen molar-refractivity contribution in [2.24, 2.45) is 4.99 Å². The third kappa shape index (κ3) is 11.7. The predicted octanol–water partition coefficient (Wildman–Crippen LogP) is 4.47. The molecule has 1 aromatic carbocycles. The number of benzene rings is 1. The number of nitrogens with zero attached hydrogens (tertiary/aromatic N) is 2. The summed E-state index contributed by atoms with van der Waals surface area (Å²) in [5.74, 6) is 0.776. The number of halogens is 1. The maximum Gasteiger partial charge on any atom is 0.408 e. The van der Waals surface area contributed by atoms with Gasteiger partial charge in [-0.05, 0) is 53.0 Å². The first-order valence-corrected chi connectivity index (χ1v) is 11.6. The van der Waals surface area contributed by atoms with E-state index in [9.17, 15) is 4.79 Å². The fourth-order valence-corrected chi connectivity index (χ4v) is 3.68. The maximum atomic E-state index is 12.4. The molecule has 1 aliphatic heterocycles. The number of rotatable bonds is 8. The first-order valence-electron chi connectivity index (χ1n) is 11.6. The highest BCUT2D eigenvalue weighted by molar-refractivity contribution is 14.0. The standard InChI is InChI=1S/C25H41N5O2.HI/c1-7-26-23(28-21-13-15-30(16-14-21)18-19(2)3)27-17-22(20-11-9-8-10-12-20)29-24(31)32-25(4,5)6;/h8-12,21-22H,2,7,13-18H2,1,3-6H3,(H,29,31)(H2,26,27,28);1H. The molecule has 0 saturated carbocycles. The van der Waals surface area contributed by atoms with Crippen LogP contribution in [0.4, 0.5) is 4.79 Å². The van der Waals surface area contributed by atoms with E-state index >= 15 is 0 Å². The van der Waals surface area contributed by atoms with Gasteiger partial charge in [0.2, 0.25) is 0 Å². The van der Waals surface area contributed by atoms with Gasteiger partial charge in [-0.25, -0.2) is 4.79 Å². The van der Waals surface area contributed by atoms with Crippen molar-refractivity contribution in [3.63, 3.8) is 0 Å². The molecule has 1 amide bonds. The predicted molar refractivity (Wildman–Crippen MR) is 147 cm³/mol. The van der Waals surface area contributed by atoms with E-state index in [1.165, 1.54) is 5.57 Å². The van der Waals surface area contributed by atoms with Crippen molar-refractivity contribution in [3.05, 3.63) is 48.0 Å². The van der Waals surface area contributed by atoms with E-state index in [0.717, 1.165) is 50.5 Å². The van der Waals surface area contributed by atoms with Gasteiger partial charge in [0.1, 0.15) is 5.60 Å². The number of ether oxygens (including phenoxy) is 1. The molecule has 8 heteroatoms. The van der Waals surface area contributed by atoms with Crippen LogP contribution in [0.1, 0.15) is 59.1 Å². The summed E-state index contributed by atoms with van der Waals surface area (Å²) in [4.78, 5) is 19.7. The summed E-state index contributed by atoms with van der Waals surface area (Å²) < 4.78 is 5.46. The molecule has 0 aliphatic carbocycles. The molecule has 0 spiro atoms. The zero-order valence-corrected chi connectivity index (χ0v) is 23.1. The molecule has 3 N–H and O–H groups in total. The van der Waals surface area contributed by atoms with Crippen molar-refractivity contribution in [3.8, 4) is 0 Å². The van der Waals surface area contributed by atoms with Crippen molar-refractivity contribution in [2.45, 2.75) is 65.1 Å². The van der Waals surface area contributed by atoms with Gasteiger partial charge >= 0.3 is 6.09 Å². The van der Waals surface area contributed by atoms with Gasteiger partial charge in [-0.1, -0.05) is 42.5 Å². The van der Waals surface area contributed by atoms with Crippen molar-refractivity contribution in [2.75, 3.05) is 32.7 Å². The lowest BCUT2D eigenvalue weighted by molar-refractivity contribution is 0.0505. The Hall–Kier alpha value is -1.81. The summed E-state index contributed by atoms with van der Waals surface area (Å²) in [6.45, 7) is 18.0. The topological polar surface area (TPSA) is 78.0 Å². The largest absolute Gasteiger partial charge is 0.444 e. The number of hydrogen-bond donors (Lipinski definition) is 3. The summed E-state index contributed by atoms with van der Waals surface area (Å²) in [5.41, 5.74) is 1.64. The summed E-state index contributed by atoms with van der Waals surface area (Å²) in [6.07, 6.45) is 1.69. The van der Waals surface area contributed by atoms with E-state index in [1.807, 2.05) is 51.1 Å². The third-order valence-electron chi connectivity index (χ3n) is 5.09. The van der Waals surface area contributed by atoms with Crippen LogP contribution >= 0.6 is 24.0 Å². The van der Waals surface area contributed by atoms with Gasteiger partial charge in [0.25, 0.3) is 0 Å². The van der Waals surface area contributed by atoms with E-state index in [-0.39, 0.29) is 30.0 Å². The first kappa shape index (κ1) is 29.2. The Balaban J connectivity index is 0.00000544. The molecular weight excluding hydrogens is 529 g/mol. The molecular formula is C25H42IN5O2. The van der Waals surface area contributed by atoms with Gasteiger partial charge in [0, 0.05) is 32.2 Å². The fraction of sp³-hybridized carbons (Fsp3) is 0.600. The van der Waals surface area contributed by atoms with Crippen LogP contribution in [0.15, 0.2) is 47.5 Å². The average Bonchev–Trinajstić information content (AvgIpc) is 2.71. The van der Waals surface area contributed by atoms with E-state index in [2.05, 4.69) is 41.3 Å². The van der Waals surface area contributed by atoms with Gasteiger partial charge in [0.05, 0.1) is 12.6 Å². The molecule has 0 aromatic heterocycles. The lowest BCUT2D eigenvalue weighted by Crippen LogP contribution is -2.49. The second-order valence-electron chi connectivity index (χ2n) is 9.48. The zero-order chi connectivity index (χ0) is 23.6. The number of likely N-dealkylation sites (tertiary alicyclic amines) is 1. The van der Waals surface area contributed by atoms with E-state index in [1.54, 1.807) is 0 Å². The highest BCUT2D eigenvalue weighted by Gasteiger charge is 2.22. The quantitative estimate of drug-likeness (QED) is 0.186. The van der Waals surface area contributed by atoms with Gasteiger partial charge in [-0.3, -0.25) is 9.89 Å². The van der Waals surface area contributed by atoms with Gasteiger partial charge in [0.15, 0.2) is 5.96 Å². The van der Waals surface area contributed by atoms with E-state index in [0.29, 0.717) is 12.6 Å². The number of aliphatic imine (C=N–C) groups is 1. The molecule has 1 atom stereocenters. The number of carbonyl (C=O) groups is 1. The summed E-state index contributed by atoms with van der Waals surface area (Å²) in [6, 6.07) is 9.98.